The number of alkyl carbamates (subject to hydrolysis) is 1. The molecule has 1 aliphatic rings. The molecule has 0 bridgehead atoms. The zero-order chi connectivity index (χ0) is 23.2. The van der Waals surface area contributed by atoms with Crippen LogP contribution < -0.4 is 10.6 Å². The van der Waals surface area contributed by atoms with Crippen LogP contribution in [0.2, 0.25) is 0 Å². The maximum Gasteiger partial charge on any atom is 0.407 e. The highest BCUT2D eigenvalue weighted by Gasteiger charge is 2.30. The van der Waals surface area contributed by atoms with Gasteiger partial charge in [0.2, 0.25) is 5.91 Å². The van der Waals surface area contributed by atoms with Crippen LogP contribution in [0.15, 0.2) is 65.6 Å². The average molecular weight is 449 g/mol. The van der Waals surface area contributed by atoms with E-state index in [-0.39, 0.29) is 31.9 Å². The first kappa shape index (κ1) is 22.1. The minimum absolute atomic E-state index is 0.0792. The van der Waals surface area contributed by atoms with Gasteiger partial charge in [0.05, 0.1) is 12.2 Å². The Morgan fingerprint density at radius 1 is 1.06 bits per heavy atom. The predicted molar refractivity (Wildman–Crippen MR) is 117 cm³/mol. The zero-order valence-corrected chi connectivity index (χ0v) is 17.7. The Hall–Kier alpha value is -4.14. The second kappa shape index (κ2) is 9.99. The first-order valence-electron chi connectivity index (χ1n) is 10.5. The van der Waals surface area contributed by atoms with Gasteiger partial charge in [0.15, 0.2) is 6.39 Å². The molecule has 3 aromatic rings. The van der Waals surface area contributed by atoms with Gasteiger partial charge in [-0.25, -0.2) is 9.78 Å². The van der Waals surface area contributed by atoms with E-state index in [0.29, 0.717) is 5.69 Å². The number of nitrogens with one attached hydrogen (secondary N) is 2. The van der Waals surface area contributed by atoms with Crippen molar-refractivity contribution < 1.29 is 28.6 Å². The minimum Gasteiger partial charge on any atom is -0.481 e. The van der Waals surface area contributed by atoms with Crippen LogP contribution in [0.4, 0.5) is 4.79 Å². The molecule has 1 aromatic heterocycles. The molecule has 0 saturated carbocycles. The molecule has 4 rings (SSSR count). The van der Waals surface area contributed by atoms with Gasteiger partial charge in [-0.1, -0.05) is 48.5 Å². The number of hydrogen-bond acceptors (Lipinski definition) is 6. The van der Waals surface area contributed by atoms with Crippen LogP contribution in [0.3, 0.4) is 0 Å². The van der Waals surface area contributed by atoms with Crippen LogP contribution >= 0.6 is 0 Å². The molecular weight excluding hydrogens is 426 g/mol. The number of aliphatic carboxylic acids is 1. The average Bonchev–Trinajstić information content (AvgIpc) is 3.45. The molecule has 2 amide bonds. The number of carboxylic acid groups (broad SMARTS) is 1. The lowest BCUT2D eigenvalue weighted by Gasteiger charge is -2.19. The van der Waals surface area contributed by atoms with Gasteiger partial charge in [0, 0.05) is 12.3 Å². The quantitative estimate of drug-likeness (QED) is 0.458. The summed E-state index contributed by atoms with van der Waals surface area (Å²) in [4.78, 5) is 40.0. The van der Waals surface area contributed by atoms with Crippen LogP contribution in [0.5, 0.6) is 0 Å². The lowest BCUT2D eigenvalue weighted by molar-refractivity contribution is -0.137. The topological polar surface area (TPSA) is 131 Å². The predicted octanol–water partition coefficient (Wildman–Crippen LogP) is 3.06. The number of rotatable bonds is 9. The number of carboxylic acids is 1. The minimum atomic E-state index is -1.07. The second-order valence-electron chi connectivity index (χ2n) is 7.65. The summed E-state index contributed by atoms with van der Waals surface area (Å²) in [6, 6.07) is 14.8. The molecule has 1 heterocycles. The van der Waals surface area contributed by atoms with E-state index < -0.39 is 24.0 Å². The Morgan fingerprint density at radius 2 is 1.73 bits per heavy atom. The number of aromatic nitrogens is 1. The van der Waals surface area contributed by atoms with Gasteiger partial charge in [-0.15, -0.1) is 0 Å². The summed E-state index contributed by atoms with van der Waals surface area (Å²) in [6.07, 6.45) is 1.46. The first-order valence-corrected chi connectivity index (χ1v) is 10.5. The lowest BCUT2D eigenvalue weighted by atomic mass is 9.98. The van der Waals surface area contributed by atoms with Crippen molar-refractivity contribution in [2.45, 2.75) is 31.3 Å². The summed E-state index contributed by atoms with van der Waals surface area (Å²) >= 11 is 0. The Bertz CT molecular complexity index is 1100. The third-order valence-electron chi connectivity index (χ3n) is 5.53. The molecule has 2 aromatic carbocycles. The van der Waals surface area contributed by atoms with E-state index in [1.54, 1.807) is 0 Å². The number of fused-ring (bicyclic) bond motifs is 3. The molecule has 1 unspecified atom stereocenters. The van der Waals surface area contributed by atoms with Crippen LogP contribution in [0.25, 0.3) is 11.1 Å². The number of hydrogen-bond donors (Lipinski definition) is 3. The van der Waals surface area contributed by atoms with Crippen molar-refractivity contribution in [2.24, 2.45) is 0 Å². The van der Waals surface area contributed by atoms with Gasteiger partial charge >= 0.3 is 12.1 Å². The normalized spacial score (nSPS) is 13.0. The number of benzene rings is 2. The molecule has 9 nitrogen and oxygen atoms in total. The number of amides is 2. The molecule has 0 radical (unpaired) electrons. The monoisotopic (exact) mass is 449 g/mol. The Balaban J connectivity index is 1.39. The maximum atomic E-state index is 12.5. The molecule has 9 heteroatoms. The molecular formula is C24H23N3O6. The fraction of sp³-hybridized carbons (Fsp3) is 0.250. The summed E-state index contributed by atoms with van der Waals surface area (Å²) in [5.41, 5.74) is 4.85. The van der Waals surface area contributed by atoms with E-state index >= 15 is 0 Å². The smallest absolute Gasteiger partial charge is 0.407 e. The number of carbonyl (C=O) groups excluding carboxylic acids is 2. The third-order valence-corrected chi connectivity index (χ3v) is 5.53. The van der Waals surface area contributed by atoms with Gasteiger partial charge in [0.25, 0.3) is 0 Å². The SMILES string of the molecule is O=C(O)CCC(NC(=O)OCC1c2ccccc2-c2ccccc21)C(=O)NCc1cocn1. The Labute approximate surface area is 189 Å². The number of nitrogens with zero attached hydrogens (tertiary/aromatic N) is 1. The van der Waals surface area contributed by atoms with Crippen molar-refractivity contribution in [3.63, 3.8) is 0 Å². The van der Waals surface area contributed by atoms with Crippen molar-refractivity contribution in [1.82, 2.24) is 15.6 Å². The van der Waals surface area contributed by atoms with Crippen molar-refractivity contribution in [3.05, 3.63) is 78.0 Å². The maximum absolute atomic E-state index is 12.5. The molecule has 3 N–H and O–H groups in total. The zero-order valence-electron chi connectivity index (χ0n) is 17.7. The van der Waals surface area contributed by atoms with Gasteiger partial charge in [-0.2, -0.15) is 0 Å². The van der Waals surface area contributed by atoms with Crippen LogP contribution in [0, 0.1) is 0 Å². The largest absolute Gasteiger partial charge is 0.481 e. The molecule has 0 saturated heterocycles. The molecule has 33 heavy (non-hydrogen) atoms. The second-order valence-corrected chi connectivity index (χ2v) is 7.65. The first-order chi connectivity index (χ1) is 16.0. The van der Waals surface area contributed by atoms with Crippen LogP contribution in [-0.2, 0) is 20.9 Å². The Kier molecular flexibility index (Phi) is 6.68. The van der Waals surface area contributed by atoms with E-state index in [1.165, 1.54) is 12.7 Å². The van der Waals surface area contributed by atoms with E-state index in [1.807, 2.05) is 48.5 Å². The number of oxazole rings is 1. The molecule has 1 aliphatic carbocycles. The molecule has 170 valence electrons. The molecule has 0 aliphatic heterocycles. The summed E-state index contributed by atoms with van der Waals surface area (Å²) < 4.78 is 10.3. The van der Waals surface area contributed by atoms with E-state index in [0.717, 1.165) is 22.3 Å². The third kappa shape index (κ3) is 5.20. The van der Waals surface area contributed by atoms with Crippen molar-refractivity contribution >= 4 is 18.0 Å². The van der Waals surface area contributed by atoms with Gasteiger partial charge in [-0.05, 0) is 28.7 Å². The van der Waals surface area contributed by atoms with E-state index in [2.05, 4.69) is 15.6 Å². The number of ether oxygens (including phenoxy) is 1. The van der Waals surface area contributed by atoms with Gasteiger partial charge in [0.1, 0.15) is 18.9 Å². The highest BCUT2D eigenvalue weighted by Crippen LogP contribution is 2.44. The molecule has 0 fully saturated rings. The van der Waals surface area contributed by atoms with Gasteiger partial charge < -0.3 is 24.9 Å². The summed E-state index contributed by atoms with van der Waals surface area (Å²) in [6.45, 7) is 0.178. The Morgan fingerprint density at radius 3 is 2.33 bits per heavy atom. The van der Waals surface area contributed by atoms with Gasteiger partial charge in [-0.3, -0.25) is 9.59 Å². The fourth-order valence-corrected chi connectivity index (χ4v) is 3.94. The van der Waals surface area contributed by atoms with Crippen molar-refractivity contribution in [1.29, 1.82) is 0 Å². The highest BCUT2D eigenvalue weighted by atomic mass is 16.5. The van der Waals surface area contributed by atoms with Crippen LogP contribution in [-0.4, -0.2) is 40.7 Å². The van der Waals surface area contributed by atoms with Crippen LogP contribution in [0.1, 0.15) is 35.6 Å². The fourth-order valence-electron chi connectivity index (χ4n) is 3.94. The summed E-state index contributed by atoms with van der Waals surface area (Å²) in [7, 11) is 0. The van der Waals surface area contributed by atoms with Crippen molar-refractivity contribution in [2.75, 3.05) is 6.61 Å². The molecule has 1 atom stereocenters. The summed E-state index contributed by atoms with van der Waals surface area (Å²) in [5.74, 6) is -1.73. The lowest BCUT2D eigenvalue weighted by Crippen LogP contribution is -2.47. The van der Waals surface area contributed by atoms with E-state index in [9.17, 15) is 14.4 Å². The summed E-state index contributed by atoms with van der Waals surface area (Å²) in [5, 5.41) is 14.1. The standard InChI is InChI=1S/C24H23N3O6/c28-22(29)10-9-21(23(30)25-11-15-12-32-14-26-15)27-24(31)33-13-20-18-7-3-1-5-16(18)17-6-2-4-8-19(17)20/h1-8,12,14,20-21H,9-11,13H2,(H,25,30)(H,27,31)(H,28,29). The van der Waals surface area contributed by atoms with E-state index in [4.69, 9.17) is 14.3 Å². The highest BCUT2D eigenvalue weighted by molar-refractivity contribution is 5.86. The van der Waals surface area contributed by atoms with Crippen molar-refractivity contribution in [3.8, 4) is 11.1 Å². The number of carbonyl (C=O) groups is 3. The molecule has 0 spiro atoms.